The van der Waals surface area contributed by atoms with E-state index in [-0.39, 0.29) is 10.8 Å². The van der Waals surface area contributed by atoms with Gasteiger partial charge in [0.2, 0.25) is 0 Å². The quantitative estimate of drug-likeness (QED) is 0.456. The van der Waals surface area contributed by atoms with Crippen LogP contribution in [0.25, 0.3) is 5.53 Å². The average molecular weight is 200 g/mol. The zero-order chi connectivity index (χ0) is 11.3. The van der Waals surface area contributed by atoms with Crippen molar-refractivity contribution < 1.29 is 4.79 Å². The summed E-state index contributed by atoms with van der Waals surface area (Å²) in [5.41, 5.74) is 12.2. The van der Waals surface area contributed by atoms with Gasteiger partial charge in [0.1, 0.15) is 0 Å². The molecule has 0 heterocycles. The smallest absolute Gasteiger partial charge is 0.288 e. The lowest BCUT2D eigenvalue weighted by molar-refractivity contribution is -0.0208. The molecular formula is C13H16N2. The summed E-state index contributed by atoms with van der Waals surface area (Å²) in [6, 6.07) is 8.32. The number of rotatable bonds is 0. The first-order valence-electron chi connectivity index (χ1n) is 5.25. The molecule has 0 saturated carbocycles. The lowest BCUT2D eigenvalue weighted by atomic mass is 9.79. The molecule has 2 rings (SSSR count). The fraction of sp³-hybridized carbons (Fsp3) is 0.462. The molecule has 0 radical (unpaired) electrons. The molecule has 2 nitrogen and oxygen atoms in total. The van der Waals surface area contributed by atoms with Crippen LogP contribution in [0, 0.1) is 0 Å². The Bertz CT molecular complexity index is 426. The Morgan fingerprint density at radius 2 is 1.33 bits per heavy atom. The van der Waals surface area contributed by atoms with E-state index < -0.39 is 0 Å². The number of hydrogen-bond donors (Lipinski definition) is 0. The van der Waals surface area contributed by atoms with Crippen molar-refractivity contribution in [3.05, 3.63) is 40.9 Å². The summed E-state index contributed by atoms with van der Waals surface area (Å²) in [5, 5.41) is 0. The SMILES string of the molecule is CC1(C)C(=[N+]=[N-])C(C)(C)c2ccccc21. The molecule has 1 aliphatic rings. The Morgan fingerprint density at radius 1 is 0.933 bits per heavy atom. The van der Waals surface area contributed by atoms with Crippen LogP contribution < -0.4 is 0 Å². The van der Waals surface area contributed by atoms with Crippen LogP contribution in [-0.4, -0.2) is 10.5 Å². The second kappa shape index (κ2) is 2.80. The highest BCUT2D eigenvalue weighted by molar-refractivity contribution is 6.02. The lowest BCUT2D eigenvalue weighted by Gasteiger charge is -2.16. The van der Waals surface area contributed by atoms with Crippen LogP contribution in [0.3, 0.4) is 0 Å². The minimum absolute atomic E-state index is 0.172. The molecule has 0 atom stereocenters. The topological polar surface area (TPSA) is 36.4 Å². The van der Waals surface area contributed by atoms with E-state index in [1.165, 1.54) is 11.1 Å². The molecule has 0 aliphatic heterocycles. The van der Waals surface area contributed by atoms with Crippen LogP contribution in [0.15, 0.2) is 24.3 Å². The van der Waals surface area contributed by atoms with E-state index in [9.17, 15) is 5.53 Å². The molecular weight excluding hydrogens is 184 g/mol. The average Bonchev–Trinajstić information content (AvgIpc) is 2.32. The number of hydrogen-bond acceptors (Lipinski definition) is 0. The molecule has 0 unspecified atom stereocenters. The van der Waals surface area contributed by atoms with Crippen molar-refractivity contribution in [2.24, 2.45) is 0 Å². The molecule has 0 bridgehead atoms. The first-order chi connectivity index (χ1) is 6.92. The summed E-state index contributed by atoms with van der Waals surface area (Å²) in [4.78, 5) is 3.52. The van der Waals surface area contributed by atoms with E-state index in [1.54, 1.807) is 0 Å². The van der Waals surface area contributed by atoms with Crippen molar-refractivity contribution in [1.82, 2.24) is 0 Å². The van der Waals surface area contributed by atoms with Gasteiger partial charge in [-0.2, -0.15) is 4.79 Å². The molecule has 1 aliphatic carbocycles. The van der Waals surface area contributed by atoms with Gasteiger partial charge in [0.05, 0.1) is 10.8 Å². The van der Waals surface area contributed by atoms with E-state index in [2.05, 4.69) is 44.6 Å². The second-order valence-electron chi connectivity index (χ2n) is 5.24. The molecule has 1 aromatic carbocycles. The fourth-order valence-corrected chi connectivity index (χ4v) is 2.86. The molecule has 78 valence electrons. The summed E-state index contributed by atoms with van der Waals surface area (Å²) < 4.78 is 0. The summed E-state index contributed by atoms with van der Waals surface area (Å²) in [7, 11) is 0. The highest BCUT2D eigenvalue weighted by Crippen LogP contribution is 2.45. The van der Waals surface area contributed by atoms with Gasteiger partial charge in [0.25, 0.3) is 5.71 Å². The maximum absolute atomic E-state index is 9.20. The Balaban J connectivity index is 2.83. The molecule has 1 aromatic rings. The van der Waals surface area contributed by atoms with E-state index in [0.29, 0.717) is 0 Å². The summed E-state index contributed by atoms with van der Waals surface area (Å²) in [5.74, 6) is 0. The minimum Gasteiger partial charge on any atom is -0.362 e. The van der Waals surface area contributed by atoms with Gasteiger partial charge < -0.3 is 5.53 Å². The monoisotopic (exact) mass is 200 g/mol. The van der Waals surface area contributed by atoms with Gasteiger partial charge in [-0.15, -0.1) is 0 Å². The summed E-state index contributed by atoms with van der Waals surface area (Å²) in [6.07, 6.45) is 0. The van der Waals surface area contributed by atoms with Crippen LogP contribution in [-0.2, 0) is 10.8 Å². The Morgan fingerprint density at radius 3 is 1.67 bits per heavy atom. The zero-order valence-electron chi connectivity index (χ0n) is 9.70. The van der Waals surface area contributed by atoms with Crippen molar-refractivity contribution in [2.45, 2.75) is 38.5 Å². The second-order valence-corrected chi connectivity index (χ2v) is 5.24. The highest BCUT2D eigenvalue weighted by atomic mass is 14.9. The molecule has 15 heavy (non-hydrogen) atoms. The van der Waals surface area contributed by atoms with Crippen LogP contribution >= 0.6 is 0 Å². The van der Waals surface area contributed by atoms with Gasteiger partial charge in [0, 0.05) is 0 Å². The standard InChI is InChI=1S/C13H16N2/c1-12(2)9-7-5-6-8-10(9)13(3,4)11(12)15-14/h5-8H,1-4H3. The van der Waals surface area contributed by atoms with Crippen molar-refractivity contribution in [1.29, 1.82) is 0 Å². The van der Waals surface area contributed by atoms with Gasteiger partial charge in [-0.3, -0.25) is 0 Å². The molecule has 0 fully saturated rings. The van der Waals surface area contributed by atoms with E-state index in [0.717, 1.165) is 5.71 Å². The van der Waals surface area contributed by atoms with Crippen molar-refractivity contribution in [3.8, 4) is 0 Å². The van der Waals surface area contributed by atoms with Crippen LogP contribution in [0.5, 0.6) is 0 Å². The molecule has 2 heteroatoms. The van der Waals surface area contributed by atoms with Crippen LogP contribution in [0.4, 0.5) is 0 Å². The predicted octanol–water partition coefficient (Wildman–Crippen LogP) is 2.93. The van der Waals surface area contributed by atoms with Crippen molar-refractivity contribution in [2.75, 3.05) is 0 Å². The Kier molecular flexibility index (Phi) is 1.89. The summed E-state index contributed by atoms with van der Waals surface area (Å²) >= 11 is 0. The number of benzene rings is 1. The largest absolute Gasteiger partial charge is 0.362 e. The van der Waals surface area contributed by atoms with E-state index in [4.69, 9.17) is 0 Å². The van der Waals surface area contributed by atoms with Gasteiger partial charge in [-0.1, -0.05) is 24.3 Å². The lowest BCUT2D eigenvalue weighted by Crippen LogP contribution is -2.35. The highest BCUT2D eigenvalue weighted by Gasteiger charge is 2.54. The molecule has 0 spiro atoms. The zero-order valence-corrected chi connectivity index (χ0v) is 9.70. The summed E-state index contributed by atoms with van der Waals surface area (Å²) in [6.45, 7) is 8.43. The third-order valence-corrected chi connectivity index (χ3v) is 3.56. The predicted molar refractivity (Wildman–Crippen MR) is 61.1 cm³/mol. The van der Waals surface area contributed by atoms with Gasteiger partial charge in [-0.05, 0) is 38.8 Å². The minimum atomic E-state index is -0.172. The first kappa shape index (κ1) is 10.1. The van der Waals surface area contributed by atoms with Crippen LogP contribution in [0.1, 0.15) is 38.8 Å². The fourth-order valence-electron chi connectivity index (χ4n) is 2.86. The first-order valence-corrected chi connectivity index (χ1v) is 5.25. The molecule has 0 N–H and O–H groups in total. The number of fused-ring (bicyclic) bond motifs is 1. The molecule has 0 amide bonds. The van der Waals surface area contributed by atoms with Gasteiger partial charge in [-0.25, -0.2) is 0 Å². The van der Waals surface area contributed by atoms with Gasteiger partial charge in [0.15, 0.2) is 0 Å². The maximum atomic E-state index is 9.20. The third-order valence-electron chi connectivity index (χ3n) is 3.56. The molecule has 0 saturated heterocycles. The van der Waals surface area contributed by atoms with Crippen molar-refractivity contribution >= 4 is 5.71 Å². The van der Waals surface area contributed by atoms with E-state index >= 15 is 0 Å². The Hall–Kier alpha value is -1.40. The number of nitrogens with zero attached hydrogens (tertiary/aromatic N) is 2. The van der Waals surface area contributed by atoms with Gasteiger partial charge >= 0.3 is 0 Å². The molecule has 0 aromatic heterocycles. The van der Waals surface area contributed by atoms with E-state index in [1.807, 2.05) is 12.1 Å². The Labute approximate surface area is 90.6 Å². The normalized spacial score (nSPS) is 20.9. The maximum Gasteiger partial charge on any atom is 0.288 e. The van der Waals surface area contributed by atoms with Crippen molar-refractivity contribution in [3.63, 3.8) is 0 Å². The third kappa shape index (κ3) is 1.12. The van der Waals surface area contributed by atoms with Crippen LogP contribution in [0.2, 0.25) is 0 Å².